The molecule has 0 bridgehead atoms. The molecular formula is C17H15BrFNO4. The Morgan fingerprint density at radius 3 is 2.62 bits per heavy atom. The number of carbonyl (C=O) groups is 2. The Morgan fingerprint density at radius 1 is 1.08 bits per heavy atom. The number of esters is 1. The molecule has 2 aromatic carbocycles. The fourth-order valence-corrected chi connectivity index (χ4v) is 2.15. The highest BCUT2D eigenvalue weighted by Gasteiger charge is 2.09. The van der Waals surface area contributed by atoms with E-state index >= 15 is 0 Å². The van der Waals surface area contributed by atoms with Gasteiger partial charge in [0.1, 0.15) is 11.6 Å². The van der Waals surface area contributed by atoms with Crippen molar-refractivity contribution in [1.82, 2.24) is 5.32 Å². The van der Waals surface area contributed by atoms with Gasteiger partial charge in [0, 0.05) is 16.6 Å². The summed E-state index contributed by atoms with van der Waals surface area (Å²) in [7, 11) is 0. The quantitative estimate of drug-likeness (QED) is 0.732. The molecule has 5 nitrogen and oxygen atoms in total. The van der Waals surface area contributed by atoms with Crippen molar-refractivity contribution in [3.8, 4) is 5.75 Å². The van der Waals surface area contributed by atoms with Crippen molar-refractivity contribution >= 4 is 27.8 Å². The highest BCUT2D eigenvalue weighted by molar-refractivity contribution is 9.10. The van der Waals surface area contributed by atoms with Crippen LogP contribution in [-0.4, -0.2) is 25.1 Å². The third-order valence-corrected chi connectivity index (χ3v) is 3.44. The number of hydrogen-bond donors (Lipinski definition) is 1. The van der Waals surface area contributed by atoms with E-state index in [1.165, 1.54) is 6.07 Å². The lowest BCUT2D eigenvalue weighted by Gasteiger charge is -2.08. The number of rotatable bonds is 7. The number of ether oxygens (including phenoxy) is 2. The summed E-state index contributed by atoms with van der Waals surface area (Å²) < 4.78 is 24.2. The summed E-state index contributed by atoms with van der Waals surface area (Å²) in [5.41, 5.74) is 0.357. The Hall–Kier alpha value is -2.41. The monoisotopic (exact) mass is 395 g/mol. The van der Waals surface area contributed by atoms with Crippen molar-refractivity contribution in [3.05, 3.63) is 64.4 Å². The van der Waals surface area contributed by atoms with E-state index in [0.29, 0.717) is 11.3 Å². The molecule has 0 radical (unpaired) electrons. The minimum absolute atomic E-state index is 0.0254. The van der Waals surface area contributed by atoms with E-state index in [1.54, 1.807) is 36.4 Å². The lowest BCUT2D eigenvalue weighted by atomic mass is 10.2. The summed E-state index contributed by atoms with van der Waals surface area (Å²) in [5, 5.41) is 2.47. The molecule has 126 valence electrons. The lowest BCUT2D eigenvalue weighted by Crippen LogP contribution is -2.29. The normalized spacial score (nSPS) is 10.1. The molecule has 2 aromatic rings. The summed E-state index contributed by atoms with van der Waals surface area (Å²) in [6, 6.07) is 13.1. The number of hydrogen-bond acceptors (Lipinski definition) is 4. The maximum absolute atomic E-state index is 13.4. The molecule has 0 saturated carbocycles. The van der Waals surface area contributed by atoms with Crippen molar-refractivity contribution < 1.29 is 23.5 Å². The van der Waals surface area contributed by atoms with Crippen molar-refractivity contribution in [3.63, 3.8) is 0 Å². The first-order valence-corrected chi connectivity index (χ1v) is 7.88. The van der Waals surface area contributed by atoms with E-state index in [2.05, 4.69) is 21.2 Å². The van der Waals surface area contributed by atoms with Crippen LogP contribution in [0.4, 0.5) is 4.39 Å². The van der Waals surface area contributed by atoms with E-state index in [9.17, 15) is 14.0 Å². The average Bonchev–Trinajstić information content (AvgIpc) is 2.57. The Kier molecular flexibility index (Phi) is 6.74. The van der Waals surface area contributed by atoms with Crippen molar-refractivity contribution in [1.29, 1.82) is 0 Å². The van der Waals surface area contributed by atoms with Crippen LogP contribution in [0.1, 0.15) is 5.56 Å². The van der Waals surface area contributed by atoms with Gasteiger partial charge >= 0.3 is 5.97 Å². The summed E-state index contributed by atoms with van der Waals surface area (Å²) in [4.78, 5) is 23.1. The predicted octanol–water partition coefficient (Wildman–Crippen LogP) is 2.83. The maximum atomic E-state index is 13.4. The van der Waals surface area contributed by atoms with Crippen molar-refractivity contribution in [2.75, 3.05) is 13.2 Å². The molecule has 0 heterocycles. The second kappa shape index (κ2) is 9.02. The van der Waals surface area contributed by atoms with Crippen LogP contribution >= 0.6 is 15.9 Å². The molecule has 0 spiro atoms. The third-order valence-electron chi connectivity index (χ3n) is 2.95. The second-order valence-corrected chi connectivity index (χ2v) is 5.69. The number of halogens is 2. The molecular weight excluding hydrogens is 381 g/mol. The van der Waals surface area contributed by atoms with Crippen LogP contribution in [0.15, 0.2) is 53.0 Å². The van der Waals surface area contributed by atoms with Crippen LogP contribution < -0.4 is 10.1 Å². The van der Waals surface area contributed by atoms with Crippen LogP contribution in [0.2, 0.25) is 0 Å². The molecule has 0 aliphatic carbocycles. The Morgan fingerprint density at radius 2 is 1.88 bits per heavy atom. The number of carbonyl (C=O) groups excluding carboxylic acids is 2. The van der Waals surface area contributed by atoms with Gasteiger partial charge < -0.3 is 14.8 Å². The molecule has 1 N–H and O–H groups in total. The first kappa shape index (κ1) is 17.9. The summed E-state index contributed by atoms with van der Waals surface area (Å²) >= 11 is 3.28. The Bertz CT molecular complexity index is 723. The highest BCUT2D eigenvalue weighted by atomic mass is 79.9. The predicted molar refractivity (Wildman–Crippen MR) is 88.8 cm³/mol. The first-order chi connectivity index (χ1) is 11.5. The van der Waals surface area contributed by atoms with Gasteiger partial charge in [-0.2, -0.15) is 0 Å². The van der Waals surface area contributed by atoms with E-state index in [1.807, 2.05) is 6.07 Å². The van der Waals surface area contributed by atoms with Crippen molar-refractivity contribution in [2.45, 2.75) is 6.54 Å². The molecule has 7 heteroatoms. The average molecular weight is 396 g/mol. The van der Waals surface area contributed by atoms with Crippen LogP contribution in [0.5, 0.6) is 5.75 Å². The molecule has 0 unspecified atom stereocenters. The highest BCUT2D eigenvalue weighted by Crippen LogP contribution is 2.17. The van der Waals surface area contributed by atoms with Gasteiger partial charge in [-0.1, -0.05) is 40.2 Å². The van der Waals surface area contributed by atoms with Crippen LogP contribution in [0.3, 0.4) is 0 Å². The van der Waals surface area contributed by atoms with Gasteiger partial charge in [-0.3, -0.25) is 4.79 Å². The van der Waals surface area contributed by atoms with Gasteiger partial charge in [-0.25, -0.2) is 9.18 Å². The standard InChI is InChI=1S/C17H15BrFNO4/c18-13-5-3-6-14(8-13)23-11-17(22)24-10-16(21)20-9-12-4-1-2-7-15(12)19/h1-8H,9-11H2,(H,20,21). The molecule has 0 atom stereocenters. The SMILES string of the molecule is O=C(COC(=O)COc1cccc(Br)c1)NCc1ccccc1F. The summed E-state index contributed by atoms with van der Waals surface area (Å²) in [6.07, 6.45) is 0. The Labute approximate surface area is 146 Å². The van der Waals surface area contributed by atoms with Gasteiger partial charge in [0.25, 0.3) is 5.91 Å². The topological polar surface area (TPSA) is 64.6 Å². The zero-order valence-electron chi connectivity index (χ0n) is 12.6. The van der Waals surface area contributed by atoms with Crippen LogP contribution in [-0.2, 0) is 20.9 Å². The van der Waals surface area contributed by atoms with Crippen LogP contribution in [0.25, 0.3) is 0 Å². The van der Waals surface area contributed by atoms with E-state index < -0.39 is 24.3 Å². The third kappa shape index (κ3) is 6.00. The van der Waals surface area contributed by atoms with E-state index in [0.717, 1.165) is 4.47 Å². The van der Waals surface area contributed by atoms with E-state index in [4.69, 9.17) is 9.47 Å². The van der Waals surface area contributed by atoms with Gasteiger partial charge in [-0.05, 0) is 24.3 Å². The second-order valence-electron chi connectivity index (χ2n) is 4.77. The minimum Gasteiger partial charge on any atom is -0.482 e. The number of benzene rings is 2. The fourth-order valence-electron chi connectivity index (χ4n) is 1.77. The summed E-state index contributed by atoms with van der Waals surface area (Å²) in [5.74, 6) is -1.09. The zero-order valence-corrected chi connectivity index (χ0v) is 14.2. The summed E-state index contributed by atoms with van der Waals surface area (Å²) in [6.45, 7) is -0.732. The fraction of sp³-hybridized carbons (Fsp3) is 0.176. The number of nitrogens with one attached hydrogen (secondary N) is 1. The molecule has 0 fully saturated rings. The largest absolute Gasteiger partial charge is 0.482 e. The molecule has 0 aliphatic rings. The van der Waals surface area contributed by atoms with E-state index in [-0.39, 0.29) is 13.2 Å². The lowest BCUT2D eigenvalue weighted by molar-refractivity contribution is -0.150. The zero-order chi connectivity index (χ0) is 17.4. The van der Waals surface area contributed by atoms with Gasteiger partial charge in [0.2, 0.25) is 0 Å². The molecule has 1 amide bonds. The smallest absolute Gasteiger partial charge is 0.344 e. The minimum atomic E-state index is -0.670. The Balaban J connectivity index is 1.68. The maximum Gasteiger partial charge on any atom is 0.344 e. The molecule has 0 aliphatic heterocycles. The van der Waals surface area contributed by atoms with Crippen LogP contribution in [0, 0.1) is 5.82 Å². The molecule has 0 saturated heterocycles. The van der Waals surface area contributed by atoms with Crippen molar-refractivity contribution in [2.24, 2.45) is 0 Å². The van der Waals surface area contributed by atoms with Gasteiger partial charge in [0.05, 0.1) is 0 Å². The van der Waals surface area contributed by atoms with Gasteiger partial charge in [0.15, 0.2) is 13.2 Å². The van der Waals surface area contributed by atoms with Gasteiger partial charge in [-0.15, -0.1) is 0 Å². The number of amides is 1. The first-order valence-electron chi connectivity index (χ1n) is 7.08. The molecule has 2 rings (SSSR count). The molecule has 0 aromatic heterocycles. The molecule has 24 heavy (non-hydrogen) atoms.